The molecule has 2 N–H and O–H groups in total. The van der Waals surface area contributed by atoms with Crippen molar-refractivity contribution in [3.8, 4) is 0 Å². The van der Waals surface area contributed by atoms with E-state index in [9.17, 15) is 0 Å². The molecule has 6 heteroatoms. The lowest BCUT2D eigenvalue weighted by Crippen LogP contribution is -2.31. The molecule has 0 unspecified atom stereocenters. The average molecular weight is 292 g/mol. The molecule has 0 saturated heterocycles. The second kappa shape index (κ2) is 6.45. The monoisotopic (exact) mass is 292 g/mol. The Morgan fingerprint density at radius 1 is 1.10 bits per heavy atom. The van der Waals surface area contributed by atoms with E-state index in [1.54, 1.807) is 0 Å². The highest BCUT2D eigenvalue weighted by Crippen LogP contribution is 2.35. The maximum Gasteiger partial charge on any atom is 0.231 e. The Bertz CT molecular complexity index is 461. The molecule has 0 atom stereocenters. The average Bonchev–Trinajstić information content (AvgIpc) is 2.41. The molecule has 1 fully saturated rings. The second-order valence-electron chi connectivity index (χ2n) is 6.79. The van der Waals surface area contributed by atoms with Crippen molar-refractivity contribution in [2.24, 2.45) is 5.41 Å². The van der Waals surface area contributed by atoms with Gasteiger partial charge in [0.2, 0.25) is 17.8 Å². The van der Waals surface area contributed by atoms with Crippen molar-refractivity contribution < 1.29 is 0 Å². The lowest BCUT2D eigenvalue weighted by atomic mass is 9.76. The summed E-state index contributed by atoms with van der Waals surface area (Å²) in [5, 5.41) is 6.65. The maximum atomic E-state index is 4.50. The van der Waals surface area contributed by atoms with Gasteiger partial charge in [-0.1, -0.05) is 13.8 Å². The summed E-state index contributed by atoms with van der Waals surface area (Å²) >= 11 is 0. The number of nitrogens with zero attached hydrogens (tertiary/aromatic N) is 4. The fourth-order valence-electron chi connectivity index (χ4n) is 2.59. The number of anilines is 3. The largest absolute Gasteiger partial charge is 0.354 e. The van der Waals surface area contributed by atoms with Gasteiger partial charge in [-0.25, -0.2) is 0 Å². The molecule has 0 spiro atoms. The molecule has 1 aliphatic carbocycles. The van der Waals surface area contributed by atoms with Gasteiger partial charge in [-0.05, 0) is 38.0 Å². The summed E-state index contributed by atoms with van der Waals surface area (Å²) < 4.78 is 0. The third kappa shape index (κ3) is 4.44. The minimum atomic E-state index is 0.463. The first-order valence-corrected chi connectivity index (χ1v) is 7.83. The fourth-order valence-corrected chi connectivity index (χ4v) is 2.59. The summed E-state index contributed by atoms with van der Waals surface area (Å²) in [6.45, 7) is 7.53. The van der Waals surface area contributed by atoms with Crippen LogP contribution in [0.4, 0.5) is 17.8 Å². The molecule has 0 aromatic carbocycles. The van der Waals surface area contributed by atoms with Crippen molar-refractivity contribution in [3.05, 3.63) is 0 Å². The minimum Gasteiger partial charge on any atom is -0.354 e. The molecule has 6 nitrogen and oxygen atoms in total. The molecular weight excluding hydrogens is 264 g/mol. The van der Waals surface area contributed by atoms with Crippen LogP contribution in [0, 0.1) is 5.41 Å². The quantitative estimate of drug-likeness (QED) is 0.870. The van der Waals surface area contributed by atoms with Gasteiger partial charge in [0.25, 0.3) is 0 Å². The van der Waals surface area contributed by atoms with Gasteiger partial charge in [0.1, 0.15) is 0 Å². The van der Waals surface area contributed by atoms with Crippen LogP contribution in [0.2, 0.25) is 0 Å². The third-order valence-corrected chi connectivity index (χ3v) is 4.03. The first kappa shape index (κ1) is 15.8. The van der Waals surface area contributed by atoms with E-state index in [-0.39, 0.29) is 0 Å². The van der Waals surface area contributed by atoms with Crippen molar-refractivity contribution in [2.45, 2.75) is 52.5 Å². The fraction of sp³-hybridized carbons (Fsp3) is 0.800. The highest BCUT2D eigenvalue weighted by molar-refractivity contribution is 5.43. The molecular formula is C15H28N6. The number of rotatable bonds is 5. The molecule has 1 saturated carbocycles. The van der Waals surface area contributed by atoms with E-state index in [1.807, 2.05) is 25.9 Å². The molecule has 0 bridgehead atoms. The summed E-state index contributed by atoms with van der Waals surface area (Å²) in [4.78, 5) is 15.3. The van der Waals surface area contributed by atoms with Gasteiger partial charge in [-0.3, -0.25) is 0 Å². The number of nitrogens with one attached hydrogen (secondary N) is 2. The van der Waals surface area contributed by atoms with Crippen molar-refractivity contribution in [1.29, 1.82) is 0 Å². The predicted molar refractivity (Wildman–Crippen MR) is 88.0 cm³/mol. The van der Waals surface area contributed by atoms with Crippen molar-refractivity contribution in [1.82, 2.24) is 15.0 Å². The first-order valence-electron chi connectivity index (χ1n) is 7.83. The molecule has 118 valence electrons. The van der Waals surface area contributed by atoms with Crippen LogP contribution in [-0.2, 0) is 0 Å². The summed E-state index contributed by atoms with van der Waals surface area (Å²) in [5.74, 6) is 1.99. The lowest BCUT2D eigenvalue weighted by molar-refractivity contribution is 0.232. The van der Waals surface area contributed by atoms with Crippen LogP contribution < -0.4 is 15.5 Å². The van der Waals surface area contributed by atoms with Gasteiger partial charge in [-0.2, -0.15) is 15.0 Å². The van der Waals surface area contributed by atoms with E-state index in [1.165, 1.54) is 25.7 Å². The molecule has 0 amide bonds. The zero-order valence-corrected chi connectivity index (χ0v) is 13.9. The van der Waals surface area contributed by atoms with Gasteiger partial charge in [-0.15, -0.1) is 0 Å². The number of hydrogen-bond donors (Lipinski definition) is 2. The Morgan fingerprint density at radius 3 is 2.29 bits per heavy atom. The Morgan fingerprint density at radius 2 is 1.71 bits per heavy atom. The highest BCUT2D eigenvalue weighted by Gasteiger charge is 2.27. The molecule has 1 aromatic heterocycles. The van der Waals surface area contributed by atoms with Crippen LogP contribution in [0.25, 0.3) is 0 Å². The van der Waals surface area contributed by atoms with E-state index in [0.29, 0.717) is 29.3 Å². The Kier molecular flexibility index (Phi) is 4.85. The zero-order chi connectivity index (χ0) is 15.5. The molecule has 0 aliphatic heterocycles. The maximum absolute atomic E-state index is 4.50. The van der Waals surface area contributed by atoms with Crippen LogP contribution in [0.15, 0.2) is 0 Å². The van der Waals surface area contributed by atoms with Gasteiger partial charge in [0.15, 0.2) is 0 Å². The van der Waals surface area contributed by atoms with Crippen LogP contribution in [-0.4, -0.2) is 41.6 Å². The zero-order valence-electron chi connectivity index (χ0n) is 13.9. The molecule has 0 radical (unpaired) electrons. The van der Waals surface area contributed by atoms with Gasteiger partial charge in [0, 0.05) is 26.7 Å². The topological polar surface area (TPSA) is 66.0 Å². The van der Waals surface area contributed by atoms with Crippen LogP contribution in [0.1, 0.15) is 46.5 Å². The molecule has 1 heterocycles. The van der Waals surface area contributed by atoms with Crippen LogP contribution in [0.5, 0.6) is 0 Å². The van der Waals surface area contributed by atoms with E-state index in [4.69, 9.17) is 0 Å². The molecule has 21 heavy (non-hydrogen) atoms. The Balaban J connectivity index is 2.08. The smallest absolute Gasteiger partial charge is 0.231 e. The third-order valence-electron chi connectivity index (χ3n) is 4.03. The lowest BCUT2D eigenvalue weighted by Gasteiger charge is -2.34. The minimum absolute atomic E-state index is 0.463. The summed E-state index contributed by atoms with van der Waals surface area (Å²) in [6.07, 6.45) is 4.84. The van der Waals surface area contributed by atoms with Crippen LogP contribution >= 0.6 is 0 Å². The SMILES string of the molecule is CCNc1nc(NC2CCC(C)(C)CC2)nc(N(C)C)n1. The van der Waals surface area contributed by atoms with Crippen LogP contribution in [0.3, 0.4) is 0 Å². The summed E-state index contributed by atoms with van der Waals surface area (Å²) in [7, 11) is 3.88. The van der Waals surface area contributed by atoms with E-state index in [0.717, 1.165) is 6.54 Å². The molecule has 1 aromatic rings. The van der Waals surface area contributed by atoms with E-state index < -0.39 is 0 Å². The number of aromatic nitrogens is 3. The van der Waals surface area contributed by atoms with Crippen molar-refractivity contribution in [3.63, 3.8) is 0 Å². The van der Waals surface area contributed by atoms with Gasteiger partial charge < -0.3 is 15.5 Å². The second-order valence-corrected chi connectivity index (χ2v) is 6.79. The van der Waals surface area contributed by atoms with Gasteiger partial charge >= 0.3 is 0 Å². The normalized spacial score (nSPS) is 18.3. The van der Waals surface area contributed by atoms with Crippen molar-refractivity contribution >= 4 is 17.8 Å². The standard InChI is InChI=1S/C15H28N6/c1-6-16-12-18-13(20-14(19-12)21(4)5)17-11-7-9-15(2,3)10-8-11/h11H,6-10H2,1-5H3,(H2,16,17,18,19,20). The Labute approximate surface area is 127 Å². The Hall–Kier alpha value is -1.59. The van der Waals surface area contributed by atoms with Gasteiger partial charge in [0.05, 0.1) is 0 Å². The predicted octanol–water partition coefficient (Wildman–Crippen LogP) is 2.75. The van der Waals surface area contributed by atoms with E-state index >= 15 is 0 Å². The van der Waals surface area contributed by atoms with E-state index in [2.05, 4.69) is 39.4 Å². The highest BCUT2D eigenvalue weighted by atomic mass is 15.3. The summed E-state index contributed by atoms with van der Waals surface area (Å²) in [6, 6.07) is 0.463. The first-order chi connectivity index (χ1) is 9.89. The van der Waals surface area contributed by atoms with Crippen molar-refractivity contribution in [2.75, 3.05) is 36.2 Å². The summed E-state index contributed by atoms with van der Waals surface area (Å²) in [5.41, 5.74) is 0.473. The number of hydrogen-bond acceptors (Lipinski definition) is 6. The molecule has 2 rings (SSSR count). The molecule has 1 aliphatic rings.